The van der Waals surface area contributed by atoms with Gasteiger partial charge in [0.25, 0.3) is 0 Å². The summed E-state index contributed by atoms with van der Waals surface area (Å²) in [6.45, 7) is 3.98. The van der Waals surface area contributed by atoms with E-state index in [4.69, 9.17) is 5.73 Å². The molecule has 0 unspecified atom stereocenters. The van der Waals surface area contributed by atoms with Gasteiger partial charge in [-0.05, 0) is 12.0 Å². The van der Waals surface area contributed by atoms with Crippen molar-refractivity contribution in [3.05, 3.63) is 41.7 Å². The van der Waals surface area contributed by atoms with Crippen LogP contribution in [0.4, 0.5) is 14.5 Å². The van der Waals surface area contributed by atoms with Gasteiger partial charge in [0.05, 0.1) is 17.1 Å². The second-order valence-electron chi connectivity index (χ2n) is 4.16. The van der Waals surface area contributed by atoms with Crippen molar-refractivity contribution in [1.29, 1.82) is 0 Å². The highest BCUT2D eigenvalue weighted by molar-refractivity contribution is 5.58. The number of halogens is 2. The molecular weight excluding hydrogens is 224 g/mol. The fourth-order valence-corrected chi connectivity index (χ4v) is 1.54. The lowest BCUT2D eigenvalue weighted by Crippen LogP contribution is -2.04. The number of nitrogens with zero attached hydrogens (tertiary/aromatic N) is 2. The normalized spacial score (nSPS) is 11.1. The zero-order chi connectivity index (χ0) is 12.6. The van der Waals surface area contributed by atoms with E-state index < -0.39 is 11.6 Å². The molecule has 0 fully saturated rings. The third-order valence-corrected chi connectivity index (χ3v) is 2.52. The highest BCUT2D eigenvalue weighted by atomic mass is 19.1. The fraction of sp³-hybridized carbons (Fsp3) is 0.250. The largest absolute Gasteiger partial charge is 0.395 e. The third-order valence-electron chi connectivity index (χ3n) is 2.52. The Balaban J connectivity index is 2.52. The predicted octanol–water partition coefficient (Wildman–Crippen LogP) is 2.86. The van der Waals surface area contributed by atoms with Crippen LogP contribution in [0.3, 0.4) is 0 Å². The Bertz CT molecular complexity index is 547. The Morgan fingerprint density at radius 1 is 1.29 bits per heavy atom. The van der Waals surface area contributed by atoms with Gasteiger partial charge < -0.3 is 5.73 Å². The van der Waals surface area contributed by atoms with Crippen molar-refractivity contribution < 1.29 is 8.78 Å². The molecule has 0 bridgehead atoms. The molecule has 0 amide bonds. The van der Waals surface area contributed by atoms with Gasteiger partial charge in [0.2, 0.25) is 0 Å². The molecule has 0 aliphatic rings. The molecule has 0 radical (unpaired) electrons. The molecule has 1 aromatic heterocycles. The molecule has 0 aliphatic heterocycles. The van der Waals surface area contributed by atoms with Crippen LogP contribution in [0, 0.1) is 11.6 Å². The van der Waals surface area contributed by atoms with Crippen molar-refractivity contribution in [3.8, 4) is 5.69 Å². The summed E-state index contributed by atoms with van der Waals surface area (Å²) in [4.78, 5) is 0. The molecule has 3 nitrogen and oxygen atoms in total. The van der Waals surface area contributed by atoms with E-state index in [9.17, 15) is 8.78 Å². The summed E-state index contributed by atoms with van der Waals surface area (Å²) in [5, 5.41) is 4.23. The molecule has 0 saturated heterocycles. The van der Waals surface area contributed by atoms with Crippen molar-refractivity contribution in [2.75, 3.05) is 5.73 Å². The minimum Gasteiger partial charge on any atom is -0.395 e. The predicted molar refractivity (Wildman–Crippen MR) is 62.0 cm³/mol. The lowest BCUT2D eigenvalue weighted by atomic mass is 10.1. The van der Waals surface area contributed by atoms with Crippen LogP contribution in [0.5, 0.6) is 0 Å². The molecule has 0 spiro atoms. The van der Waals surface area contributed by atoms with Gasteiger partial charge in [0.15, 0.2) is 5.82 Å². The minimum atomic E-state index is -0.776. The van der Waals surface area contributed by atoms with Gasteiger partial charge in [0.1, 0.15) is 5.82 Å². The first-order chi connectivity index (χ1) is 7.99. The summed E-state index contributed by atoms with van der Waals surface area (Å²) >= 11 is 0. The molecule has 1 aromatic carbocycles. The molecular formula is C12H13F2N3. The SMILES string of the molecule is CC(C)c1ccn(-c2cc(F)cc(F)c2N)n1. The van der Waals surface area contributed by atoms with Crippen LogP contribution >= 0.6 is 0 Å². The Morgan fingerprint density at radius 2 is 2.00 bits per heavy atom. The first kappa shape index (κ1) is 11.6. The highest BCUT2D eigenvalue weighted by Gasteiger charge is 2.12. The first-order valence-corrected chi connectivity index (χ1v) is 5.29. The first-order valence-electron chi connectivity index (χ1n) is 5.29. The standard InChI is InChI=1S/C12H13F2N3/c1-7(2)10-3-4-17(16-10)11-6-8(13)5-9(14)12(11)15/h3-7H,15H2,1-2H3. The average molecular weight is 237 g/mol. The van der Waals surface area contributed by atoms with Gasteiger partial charge in [0, 0.05) is 18.3 Å². The summed E-state index contributed by atoms with van der Waals surface area (Å²) in [5.74, 6) is -1.20. The van der Waals surface area contributed by atoms with Gasteiger partial charge in [-0.1, -0.05) is 13.8 Å². The van der Waals surface area contributed by atoms with E-state index in [-0.39, 0.29) is 17.3 Å². The maximum atomic E-state index is 13.3. The van der Waals surface area contributed by atoms with Crippen LogP contribution in [0.15, 0.2) is 24.4 Å². The van der Waals surface area contributed by atoms with E-state index in [2.05, 4.69) is 5.10 Å². The molecule has 2 N–H and O–H groups in total. The molecule has 2 aromatic rings. The van der Waals surface area contributed by atoms with E-state index in [1.165, 1.54) is 4.68 Å². The van der Waals surface area contributed by atoms with Crippen LogP contribution < -0.4 is 5.73 Å². The highest BCUT2D eigenvalue weighted by Crippen LogP contribution is 2.23. The van der Waals surface area contributed by atoms with Crippen LogP contribution in [0.2, 0.25) is 0 Å². The Hall–Kier alpha value is -1.91. The number of anilines is 1. The lowest BCUT2D eigenvalue weighted by Gasteiger charge is -2.07. The summed E-state index contributed by atoms with van der Waals surface area (Å²) in [6.07, 6.45) is 1.64. The molecule has 1 heterocycles. The van der Waals surface area contributed by atoms with Crippen molar-refractivity contribution in [1.82, 2.24) is 9.78 Å². The Morgan fingerprint density at radius 3 is 2.59 bits per heavy atom. The fourth-order valence-electron chi connectivity index (χ4n) is 1.54. The maximum Gasteiger partial charge on any atom is 0.151 e. The molecule has 5 heteroatoms. The van der Waals surface area contributed by atoms with E-state index in [1.807, 2.05) is 13.8 Å². The van der Waals surface area contributed by atoms with Gasteiger partial charge in [-0.2, -0.15) is 5.10 Å². The smallest absolute Gasteiger partial charge is 0.151 e. The van der Waals surface area contributed by atoms with Crippen LogP contribution in [0.1, 0.15) is 25.5 Å². The monoisotopic (exact) mass is 237 g/mol. The Labute approximate surface area is 97.9 Å². The lowest BCUT2D eigenvalue weighted by molar-refractivity contribution is 0.583. The zero-order valence-electron chi connectivity index (χ0n) is 9.61. The molecule has 90 valence electrons. The van der Waals surface area contributed by atoms with E-state index >= 15 is 0 Å². The topological polar surface area (TPSA) is 43.8 Å². The number of benzene rings is 1. The number of nitrogen functional groups attached to an aromatic ring is 1. The summed E-state index contributed by atoms with van der Waals surface area (Å²) in [6, 6.07) is 3.72. The maximum absolute atomic E-state index is 13.3. The number of hydrogen-bond acceptors (Lipinski definition) is 2. The minimum absolute atomic E-state index is 0.107. The van der Waals surface area contributed by atoms with Crippen LogP contribution in [-0.4, -0.2) is 9.78 Å². The quantitative estimate of drug-likeness (QED) is 0.816. The number of rotatable bonds is 2. The molecule has 0 saturated carbocycles. The molecule has 0 aliphatic carbocycles. The summed E-state index contributed by atoms with van der Waals surface area (Å²) in [5.41, 5.74) is 6.52. The number of hydrogen-bond donors (Lipinski definition) is 1. The average Bonchev–Trinajstić information content (AvgIpc) is 2.72. The number of nitrogens with two attached hydrogens (primary N) is 1. The van der Waals surface area contributed by atoms with Gasteiger partial charge in [-0.3, -0.25) is 0 Å². The molecule has 0 atom stereocenters. The van der Waals surface area contributed by atoms with E-state index in [0.717, 1.165) is 17.8 Å². The molecule has 17 heavy (non-hydrogen) atoms. The van der Waals surface area contributed by atoms with Crippen molar-refractivity contribution in [3.63, 3.8) is 0 Å². The Kier molecular flexibility index (Phi) is 2.83. The van der Waals surface area contributed by atoms with Crippen molar-refractivity contribution >= 4 is 5.69 Å². The second-order valence-corrected chi connectivity index (χ2v) is 4.16. The van der Waals surface area contributed by atoms with Crippen LogP contribution in [-0.2, 0) is 0 Å². The van der Waals surface area contributed by atoms with Crippen LogP contribution in [0.25, 0.3) is 5.69 Å². The van der Waals surface area contributed by atoms with E-state index in [1.54, 1.807) is 12.3 Å². The van der Waals surface area contributed by atoms with Crippen molar-refractivity contribution in [2.45, 2.75) is 19.8 Å². The van der Waals surface area contributed by atoms with E-state index in [0.29, 0.717) is 0 Å². The molecule has 2 rings (SSSR count). The summed E-state index contributed by atoms with van der Waals surface area (Å²) < 4.78 is 27.8. The zero-order valence-corrected chi connectivity index (χ0v) is 9.61. The third kappa shape index (κ3) is 2.13. The van der Waals surface area contributed by atoms with Crippen molar-refractivity contribution in [2.24, 2.45) is 0 Å². The number of aromatic nitrogens is 2. The second kappa shape index (κ2) is 4.16. The summed E-state index contributed by atoms with van der Waals surface area (Å²) in [7, 11) is 0. The van der Waals surface area contributed by atoms with Gasteiger partial charge >= 0.3 is 0 Å². The van der Waals surface area contributed by atoms with Gasteiger partial charge in [-0.25, -0.2) is 13.5 Å². The van der Waals surface area contributed by atoms with Gasteiger partial charge in [-0.15, -0.1) is 0 Å².